The second-order valence-electron chi connectivity index (χ2n) is 4.91. The third-order valence-corrected chi connectivity index (χ3v) is 4.15. The molecule has 18 heavy (non-hydrogen) atoms. The van der Waals surface area contributed by atoms with E-state index in [0.717, 1.165) is 23.8 Å². The van der Waals surface area contributed by atoms with Crippen molar-refractivity contribution in [1.29, 1.82) is 0 Å². The Bertz CT molecular complexity index is 406. The van der Waals surface area contributed by atoms with Crippen LogP contribution in [0, 0.1) is 0 Å². The summed E-state index contributed by atoms with van der Waals surface area (Å²) in [6.07, 6.45) is 5.66. The van der Waals surface area contributed by atoms with E-state index in [9.17, 15) is 0 Å². The van der Waals surface area contributed by atoms with E-state index >= 15 is 0 Å². The van der Waals surface area contributed by atoms with Gasteiger partial charge >= 0.3 is 0 Å². The van der Waals surface area contributed by atoms with Crippen LogP contribution in [0.5, 0.6) is 0 Å². The van der Waals surface area contributed by atoms with Crippen molar-refractivity contribution < 1.29 is 0 Å². The number of hydrogen-bond donors (Lipinski definition) is 1. The van der Waals surface area contributed by atoms with E-state index in [2.05, 4.69) is 35.1 Å². The monoisotopic (exact) mass is 266 g/mol. The Morgan fingerprint density at radius 2 is 2.22 bits per heavy atom. The van der Waals surface area contributed by atoms with Crippen molar-refractivity contribution in [2.45, 2.75) is 38.1 Å². The predicted molar refractivity (Wildman–Crippen MR) is 79.3 cm³/mol. The van der Waals surface area contributed by atoms with E-state index in [1.54, 1.807) is 0 Å². The maximum absolute atomic E-state index is 5.90. The Morgan fingerprint density at radius 3 is 2.78 bits per heavy atom. The molecule has 0 amide bonds. The van der Waals surface area contributed by atoms with Gasteiger partial charge in [-0.15, -0.1) is 0 Å². The lowest BCUT2D eigenvalue weighted by molar-refractivity contribution is 0.663. The van der Waals surface area contributed by atoms with Crippen LogP contribution in [0.2, 0.25) is 0 Å². The number of thioether (sulfide) groups is 1. The maximum Gasteiger partial charge on any atom is 0.136 e. The molecule has 5 heteroatoms. The van der Waals surface area contributed by atoms with Gasteiger partial charge in [0.25, 0.3) is 0 Å². The number of nitrogens with two attached hydrogens (primary N) is 1. The third-order valence-electron chi connectivity index (χ3n) is 3.43. The SMILES string of the molecule is CCC(CSC)N(C)c1cc(N)nc(C2CC2)n1. The van der Waals surface area contributed by atoms with E-state index < -0.39 is 0 Å². The zero-order valence-corrected chi connectivity index (χ0v) is 12.2. The minimum Gasteiger partial charge on any atom is -0.384 e. The summed E-state index contributed by atoms with van der Waals surface area (Å²) in [7, 11) is 2.10. The Hall–Kier alpha value is -0.970. The van der Waals surface area contributed by atoms with Gasteiger partial charge in [-0.1, -0.05) is 6.92 Å². The van der Waals surface area contributed by atoms with Crippen LogP contribution in [0.15, 0.2) is 6.07 Å². The first-order valence-corrected chi connectivity index (χ1v) is 7.91. The first-order chi connectivity index (χ1) is 8.65. The molecule has 1 atom stereocenters. The van der Waals surface area contributed by atoms with Crippen molar-refractivity contribution in [1.82, 2.24) is 9.97 Å². The zero-order chi connectivity index (χ0) is 13.1. The Morgan fingerprint density at radius 1 is 1.50 bits per heavy atom. The number of nitrogens with zero attached hydrogens (tertiary/aromatic N) is 3. The summed E-state index contributed by atoms with van der Waals surface area (Å²) in [6.45, 7) is 2.21. The van der Waals surface area contributed by atoms with Crippen molar-refractivity contribution in [3.8, 4) is 0 Å². The molecule has 1 aliphatic rings. The van der Waals surface area contributed by atoms with E-state index in [1.807, 2.05) is 17.8 Å². The highest BCUT2D eigenvalue weighted by atomic mass is 32.2. The normalized spacial score (nSPS) is 16.6. The highest BCUT2D eigenvalue weighted by Gasteiger charge is 2.28. The molecule has 1 saturated carbocycles. The van der Waals surface area contributed by atoms with Gasteiger partial charge < -0.3 is 10.6 Å². The molecule has 0 saturated heterocycles. The van der Waals surface area contributed by atoms with Crippen LogP contribution >= 0.6 is 11.8 Å². The smallest absolute Gasteiger partial charge is 0.136 e. The van der Waals surface area contributed by atoms with Gasteiger partial charge in [-0.2, -0.15) is 11.8 Å². The predicted octanol–water partition coefficient (Wildman–Crippen LogP) is 2.51. The van der Waals surface area contributed by atoms with Crippen LogP contribution in [0.25, 0.3) is 0 Å². The fraction of sp³-hybridized carbons (Fsp3) is 0.692. The lowest BCUT2D eigenvalue weighted by Gasteiger charge is -2.28. The van der Waals surface area contributed by atoms with Gasteiger partial charge in [-0.25, -0.2) is 9.97 Å². The first-order valence-electron chi connectivity index (χ1n) is 6.52. The quantitative estimate of drug-likeness (QED) is 0.857. The van der Waals surface area contributed by atoms with E-state index in [1.165, 1.54) is 12.8 Å². The molecule has 0 aromatic carbocycles. The molecule has 0 spiro atoms. The van der Waals surface area contributed by atoms with Crippen molar-refractivity contribution in [3.05, 3.63) is 11.9 Å². The number of hydrogen-bond acceptors (Lipinski definition) is 5. The molecular weight excluding hydrogens is 244 g/mol. The second kappa shape index (κ2) is 5.78. The van der Waals surface area contributed by atoms with Gasteiger partial charge in [0.05, 0.1) is 0 Å². The molecular formula is C13H22N4S. The molecule has 0 bridgehead atoms. The summed E-state index contributed by atoms with van der Waals surface area (Å²) in [4.78, 5) is 11.3. The van der Waals surface area contributed by atoms with Crippen molar-refractivity contribution in [2.75, 3.05) is 29.7 Å². The molecule has 0 aliphatic heterocycles. The summed E-state index contributed by atoms with van der Waals surface area (Å²) >= 11 is 1.87. The fourth-order valence-corrected chi connectivity index (χ4v) is 2.90. The first kappa shape index (κ1) is 13.5. The van der Waals surface area contributed by atoms with Gasteiger partial charge in [0, 0.05) is 30.8 Å². The van der Waals surface area contributed by atoms with Gasteiger partial charge in [0.1, 0.15) is 17.5 Å². The van der Waals surface area contributed by atoms with Crippen molar-refractivity contribution in [3.63, 3.8) is 0 Å². The minimum atomic E-state index is 0.501. The molecule has 1 fully saturated rings. The number of aromatic nitrogens is 2. The highest BCUT2D eigenvalue weighted by Crippen LogP contribution is 2.39. The number of nitrogen functional groups attached to an aromatic ring is 1. The topological polar surface area (TPSA) is 55.0 Å². The van der Waals surface area contributed by atoms with Crippen molar-refractivity contribution in [2.24, 2.45) is 0 Å². The molecule has 2 N–H and O–H groups in total. The van der Waals surface area contributed by atoms with E-state index in [-0.39, 0.29) is 0 Å². The summed E-state index contributed by atoms with van der Waals surface area (Å²) < 4.78 is 0. The molecule has 100 valence electrons. The molecule has 1 aromatic heterocycles. The molecule has 1 unspecified atom stereocenters. The van der Waals surface area contributed by atoms with Crippen molar-refractivity contribution >= 4 is 23.4 Å². The molecule has 0 radical (unpaired) electrons. The molecule has 4 nitrogen and oxygen atoms in total. The Balaban J connectivity index is 2.20. The molecule has 1 aromatic rings. The Labute approximate surface area is 113 Å². The lowest BCUT2D eigenvalue weighted by Crippen LogP contribution is -2.34. The highest BCUT2D eigenvalue weighted by molar-refractivity contribution is 7.98. The number of anilines is 2. The number of rotatable bonds is 6. The summed E-state index contributed by atoms with van der Waals surface area (Å²) in [5.74, 6) is 4.13. The maximum atomic E-state index is 5.90. The molecule has 2 rings (SSSR count). The van der Waals surface area contributed by atoms with Crippen LogP contribution in [-0.4, -0.2) is 35.1 Å². The van der Waals surface area contributed by atoms with Crippen LogP contribution in [0.4, 0.5) is 11.6 Å². The summed E-state index contributed by atoms with van der Waals surface area (Å²) in [5.41, 5.74) is 5.90. The fourth-order valence-electron chi connectivity index (χ4n) is 2.06. The minimum absolute atomic E-state index is 0.501. The summed E-state index contributed by atoms with van der Waals surface area (Å²) in [6, 6.07) is 2.39. The molecule has 1 heterocycles. The Kier molecular flexibility index (Phi) is 4.32. The largest absolute Gasteiger partial charge is 0.384 e. The lowest BCUT2D eigenvalue weighted by atomic mass is 10.2. The second-order valence-corrected chi connectivity index (χ2v) is 5.82. The zero-order valence-electron chi connectivity index (χ0n) is 11.4. The standard InChI is InChI=1S/C13H22N4S/c1-4-10(8-18-3)17(2)12-7-11(14)15-13(16-12)9-5-6-9/h7,9-10H,4-6,8H2,1-3H3,(H2,14,15,16). The van der Waals surface area contributed by atoms with E-state index in [4.69, 9.17) is 5.73 Å². The van der Waals surface area contributed by atoms with Crippen LogP contribution in [0.1, 0.15) is 37.9 Å². The average molecular weight is 266 g/mol. The van der Waals surface area contributed by atoms with Gasteiger partial charge in [-0.05, 0) is 25.5 Å². The van der Waals surface area contributed by atoms with E-state index in [0.29, 0.717) is 17.8 Å². The van der Waals surface area contributed by atoms with Crippen LogP contribution in [-0.2, 0) is 0 Å². The van der Waals surface area contributed by atoms with Gasteiger partial charge in [-0.3, -0.25) is 0 Å². The third kappa shape index (κ3) is 3.07. The van der Waals surface area contributed by atoms with Gasteiger partial charge in [0.15, 0.2) is 0 Å². The van der Waals surface area contributed by atoms with Crippen LogP contribution in [0.3, 0.4) is 0 Å². The molecule has 1 aliphatic carbocycles. The average Bonchev–Trinajstić information content (AvgIpc) is 3.18. The van der Waals surface area contributed by atoms with Crippen LogP contribution < -0.4 is 10.6 Å². The summed E-state index contributed by atoms with van der Waals surface area (Å²) in [5, 5.41) is 0. The van der Waals surface area contributed by atoms with Gasteiger partial charge in [0.2, 0.25) is 0 Å².